The summed E-state index contributed by atoms with van der Waals surface area (Å²) in [5.41, 5.74) is 3.58. The van der Waals surface area contributed by atoms with Gasteiger partial charge in [0.05, 0.1) is 23.3 Å². The van der Waals surface area contributed by atoms with Gasteiger partial charge in [0.1, 0.15) is 0 Å². The zero-order valence-corrected chi connectivity index (χ0v) is 11.3. The van der Waals surface area contributed by atoms with E-state index < -0.39 is 4.92 Å². The highest BCUT2D eigenvalue weighted by Gasteiger charge is 2.14. The molecule has 0 aromatic heterocycles. The number of nitrogen functional groups attached to an aromatic ring is 1. The molecule has 0 saturated heterocycles. The Hall–Kier alpha value is -1.86. The van der Waals surface area contributed by atoms with E-state index in [9.17, 15) is 10.1 Å². The summed E-state index contributed by atoms with van der Waals surface area (Å²) < 4.78 is 5.72. The number of non-ortho nitro benzene ring substituents is 1. The van der Waals surface area contributed by atoms with Gasteiger partial charge in [0, 0.05) is 24.4 Å². The smallest absolute Gasteiger partial charge is 0.273 e. The van der Waals surface area contributed by atoms with Crippen LogP contribution in [0.25, 0.3) is 0 Å². The third-order valence-corrected chi connectivity index (χ3v) is 3.38. The van der Waals surface area contributed by atoms with Gasteiger partial charge in [-0.2, -0.15) is 0 Å². The molecule has 1 aliphatic carbocycles. The number of ether oxygens (including phenoxy) is 1. The second-order valence-electron chi connectivity index (χ2n) is 4.87. The number of benzene rings is 1. The standard InChI is InChI=1S/C13H20N4O3/c14-16-11-7-10(8-12(9-11)17(18)19)15-5-6-20-13-3-1-2-4-13/h7-9,13,15-16H,1-6,14H2. The lowest BCUT2D eigenvalue weighted by Gasteiger charge is -2.12. The minimum Gasteiger partial charge on any atom is -0.382 e. The van der Waals surface area contributed by atoms with Crippen molar-refractivity contribution >= 4 is 17.1 Å². The highest BCUT2D eigenvalue weighted by Crippen LogP contribution is 2.24. The van der Waals surface area contributed by atoms with Crippen molar-refractivity contribution < 1.29 is 9.66 Å². The lowest BCUT2D eigenvalue weighted by molar-refractivity contribution is -0.384. The molecule has 4 N–H and O–H groups in total. The first kappa shape index (κ1) is 14.5. The molecular formula is C13H20N4O3. The quantitative estimate of drug-likeness (QED) is 0.306. The molecule has 0 radical (unpaired) electrons. The summed E-state index contributed by atoms with van der Waals surface area (Å²) in [6.07, 6.45) is 5.14. The summed E-state index contributed by atoms with van der Waals surface area (Å²) in [4.78, 5) is 10.4. The zero-order valence-electron chi connectivity index (χ0n) is 11.3. The van der Waals surface area contributed by atoms with Gasteiger partial charge in [-0.05, 0) is 18.9 Å². The van der Waals surface area contributed by atoms with Crippen LogP contribution in [-0.2, 0) is 4.74 Å². The van der Waals surface area contributed by atoms with Crippen molar-refractivity contribution in [1.82, 2.24) is 0 Å². The molecule has 7 heteroatoms. The number of nitrogens with one attached hydrogen (secondary N) is 2. The first-order chi connectivity index (χ1) is 9.69. The fourth-order valence-corrected chi connectivity index (χ4v) is 2.38. The molecule has 1 aromatic carbocycles. The first-order valence-corrected chi connectivity index (χ1v) is 6.80. The zero-order chi connectivity index (χ0) is 14.4. The van der Waals surface area contributed by atoms with E-state index >= 15 is 0 Å². The van der Waals surface area contributed by atoms with Gasteiger partial charge in [-0.1, -0.05) is 12.8 Å². The highest BCUT2D eigenvalue weighted by molar-refractivity contribution is 5.63. The number of nitro groups is 1. The summed E-state index contributed by atoms with van der Waals surface area (Å²) in [6.45, 7) is 1.21. The van der Waals surface area contributed by atoms with Crippen molar-refractivity contribution in [2.75, 3.05) is 23.9 Å². The topological polar surface area (TPSA) is 102 Å². The lowest BCUT2D eigenvalue weighted by Crippen LogP contribution is -2.15. The van der Waals surface area contributed by atoms with E-state index in [0.29, 0.717) is 30.6 Å². The van der Waals surface area contributed by atoms with Gasteiger partial charge in [0.15, 0.2) is 0 Å². The minimum absolute atomic E-state index is 0.000314. The number of hydrogen-bond acceptors (Lipinski definition) is 6. The van der Waals surface area contributed by atoms with Crippen LogP contribution < -0.4 is 16.6 Å². The van der Waals surface area contributed by atoms with Gasteiger partial charge >= 0.3 is 0 Å². The molecule has 0 amide bonds. The maximum atomic E-state index is 10.8. The molecule has 110 valence electrons. The van der Waals surface area contributed by atoms with E-state index in [1.165, 1.54) is 25.0 Å². The van der Waals surface area contributed by atoms with Crippen molar-refractivity contribution in [2.45, 2.75) is 31.8 Å². The SMILES string of the molecule is NNc1cc(NCCOC2CCCC2)cc([N+](=O)[O-])c1. The van der Waals surface area contributed by atoms with Gasteiger partial charge in [-0.15, -0.1) is 0 Å². The molecule has 7 nitrogen and oxygen atoms in total. The summed E-state index contributed by atoms with van der Waals surface area (Å²) in [5, 5.41) is 13.9. The molecule has 0 atom stereocenters. The molecule has 0 spiro atoms. The summed E-state index contributed by atoms with van der Waals surface area (Å²) in [7, 11) is 0. The first-order valence-electron chi connectivity index (χ1n) is 6.80. The molecular weight excluding hydrogens is 260 g/mol. The van der Waals surface area contributed by atoms with Crippen LogP contribution in [0, 0.1) is 10.1 Å². The van der Waals surface area contributed by atoms with Gasteiger partial charge in [-0.3, -0.25) is 16.0 Å². The Morgan fingerprint density at radius 1 is 1.30 bits per heavy atom. The molecule has 0 aliphatic heterocycles. The van der Waals surface area contributed by atoms with Crippen LogP contribution >= 0.6 is 0 Å². The van der Waals surface area contributed by atoms with Gasteiger partial charge < -0.3 is 15.5 Å². The van der Waals surface area contributed by atoms with Crippen LogP contribution in [0.15, 0.2) is 18.2 Å². The van der Waals surface area contributed by atoms with Crippen LogP contribution in [0.2, 0.25) is 0 Å². The number of rotatable bonds is 7. The van der Waals surface area contributed by atoms with Crippen molar-refractivity contribution in [3.63, 3.8) is 0 Å². The number of nitrogens with two attached hydrogens (primary N) is 1. The molecule has 20 heavy (non-hydrogen) atoms. The molecule has 2 rings (SSSR count). The number of hydrogen-bond donors (Lipinski definition) is 3. The fourth-order valence-electron chi connectivity index (χ4n) is 2.38. The summed E-state index contributed by atoms with van der Waals surface area (Å²) in [5.74, 6) is 5.30. The molecule has 1 fully saturated rings. The Morgan fingerprint density at radius 2 is 2.00 bits per heavy atom. The van der Waals surface area contributed by atoms with Crippen LogP contribution in [0.3, 0.4) is 0 Å². The second kappa shape index (κ2) is 7.06. The van der Waals surface area contributed by atoms with E-state index in [0.717, 1.165) is 12.8 Å². The molecule has 0 bridgehead atoms. The molecule has 1 aliphatic rings. The fraction of sp³-hybridized carbons (Fsp3) is 0.538. The minimum atomic E-state index is -0.443. The average molecular weight is 280 g/mol. The van der Waals surface area contributed by atoms with E-state index in [1.807, 2.05) is 0 Å². The van der Waals surface area contributed by atoms with Gasteiger partial charge in [0.25, 0.3) is 5.69 Å². The Morgan fingerprint density at radius 3 is 2.65 bits per heavy atom. The Labute approximate surface area is 117 Å². The van der Waals surface area contributed by atoms with E-state index in [4.69, 9.17) is 10.6 Å². The van der Waals surface area contributed by atoms with E-state index in [2.05, 4.69) is 10.7 Å². The monoisotopic (exact) mass is 280 g/mol. The van der Waals surface area contributed by atoms with Crippen LogP contribution in [0.1, 0.15) is 25.7 Å². The van der Waals surface area contributed by atoms with E-state index in [-0.39, 0.29) is 5.69 Å². The third-order valence-electron chi connectivity index (χ3n) is 3.38. The Balaban J connectivity index is 1.84. The van der Waals surface area contributed by atoms with Crippen molar-refractivity contribution in [3.05, 3.63) is 28.3 Å². The largest absolute Gasteiger partial charge is 0.382 e. The Kier molecular flexibility index (Phi) is 5.14. The van der Waals surface area contributed by atoms with Crippen molar-refractivity contribution in [2.24, 2.45) is 5.84 Å². The molecule has 0 heterocycles. The summed E-state index contributed by atoms with van der Waals surface area (Å²) in [6, 6.07) is 4.60. The number of nitrogens with zero attached hydrogens (tertiary/aromatic N) is 1. The lowest BCUT2D eigenvalue weighted by atomic mass is 10.2. The predicted molar refractivity (Wildman–Crippen MR) is 77.6 cm³/mol. The van der Waals surface area contributed by atoms with Gasteiger partial charge in [0.2, 0.25) is 0 Å². The molecule has 1 saturated carbocycles. The predicted octanol–water partition coefficient (Wildman–Crippen LogP) is 2.25. The molecule has 1 aromatic rings. The average Bonchev–Trinajstić information content (AvgIpc) is 2.96. The van der Waals surface area contributed by atoms with E-state index in [1.54, 1.807) is 6.07 Å². The van der Waals surface area contributed by atoms with Crippen molar-refractivity contribution in [1.29, 1.82) is 0 Å². The maximum absolute atomic E-state index is 10.8. The normalized spacial score (nSPS) is 15.2. The van der Waals surface area contributed by atoms with Crippen LogP contribution in [-0.4, -0.2) is 24.2 Å². The highest BCUT2D eigenvalue weighted by atomic mass is 16.6. The third kappa shape index (κ3) is 4.07. The maximum Gasteiger partial charge on any atom is 0.273 e. The van der Waals surface area contributed by atoms with Gasteiger partial charge in [-0.25, -0.2) is 0 Å². The van der Waals surface area contributed by atoms with Crippen LogP contribution in [0.5, 0.6) is 0 Å². The number of nitro benzene ring substituents is 1. The number of hydrazine groups is 1. The number of anilines is 2. The summed E-state index contributed by atoms with van der Waals surface area (Å²) >= 11 is 0. The Bertz CT molecular complexity index is 461. The molecule has 0 unspecified atom stereocenters. The second-order valence-corrected chi connectivity index (χ2v) is 4.87. The van der Waals surface area contributed by atoms with Crippen molar-refractivity contribution in [3.8, 4) is 0 Å². The van der Waals surface area contributed by atoms with Crippen LogP contribution in [0.4, 0.5) is 17.1 Å².